The fourth-order valence-corrected chi connectivity index (χ4v) is 2.37. The van der Waals surface area contributed by atoms with Gasteiger partial charge in [-0.15, -0.1) is 0 Å². The quantitative estimate of drug-likeness (QED) is 0.321. The molecule has 0 aliphatic heterocycles. The molecule has 1 saturated carbocycles. The number of nitrogens with zero attached hydrogens (tertiary/aromatic N) is 1. The molecule has 0 heterocycles. The molecule has 0 amide bonds. The van der Waals surface area contributed by atoms with Crippen LogP contribution in [0.5, 0.6) is 11.5 Å². The maximum atomic E-state index is 5.71. The van der Waals surface area contributed by atoms with Crippen LogP contribution in [0.25, 0.3) is 0 Å². The third kappa shape index (κ3) is 8.94. The van der Waals surface area contributed by atoms with Crippen LogP contribution in [-0.2, 0) is 4.74 Å². The standard InChI is InChI=1S/C20H33N3O3/c1-3-21-20(22-12-4-14-25-16-17-6-7-17)23-13-5-15-26-19-10-8-18(24-2)9-11-19/h8-11,17H,3-7,12-16H2,1-2H3,(H2,21,22,23). The summed E-state index contributed by atoms with van der Waals surface area (Å²) in [6.45, 7) is 6.92. The van der Waals surface area contributed by atoms with Crippen LogP contribution in [0.1, 0.15) is 32.6 Å². The maximum absolute atomic E-state index is 5.71. The highest BCUT2D eigenvalue weighted by atomic mass is 16.5. The van der Waals surface area contributed by atoms with Gasteiger partial charge in [0, 0.05) is 39.3 Å². The lowest BCUT2D eigenvalue weighted by atomic mass is 10.3. The molecule has 0 atom stereocenters. The molecule has 6 nitrogen and oxygen atoms in total. The van der Waals surface area contributed by atoms with E-state index >= 15 is 0 Å². The summed E-state index contributed by atoms with van der Waals surface area (Å²) < 4.78 is 16.5. The number of aliphatic imine (C=N–C) groups is 1. The number of guanidine groups is 1. The Morgan fingerprint density at radius 2 is 1.85 bits per heavy atom. The van der Waals surface area contributed by atoms with Crippen LogP contribution in [0.2, 0.25) is 0 Å². The topological polar surface area (TPSA) is 64.1 Å². The van der Waals surface area contributed by atoms with E-state index in [1.165, 1.54) is 12.8 Å². The van der Waals surface area contributed by atoms with Gasteiger partial charge in [-0.2, -0.15) is 0 Å². The summed E-state index contributed by atoms with van der Waals surface area (Å²) in [6.07, 6.45) is 4.56. The molecular weight excluding hydrogens is 330 g/mol. The Hall–Kier alpha value is -1.95. The Kier molecular flexibility index (Phi) is 9.72. The molecule has 6 heteroatoms. The lowest BCUT2D eigenvalue weighted by Crippen LogP contribution is -2.38. The van der Waals surface area contributed by atoms with Gasteiger partial charge in [0.25, 0.3) is 0 Å². The first-order chi connectivity index (χ1) is 12.8. The maximum Gasteiger partial charge on any atom is 0.191 e. The Morgan fingerprint density at radius 1 is 1.08 bits per heavy atom. The molecule has 0 aromatic heterocycles. The highest BCUT2D eigenvalue weighted by Crippen LogP contribution is 2.28. The molecule has 1 aromatic carbocycles. The van der Waals surface area contributed by atoms with E-state index in [0.29, 0.717) is 6.61 Å². The predicted molar refractivity (Wildman–Crippen MR) is 105 cm³/mol. The number of rotatable bonds is 13. The van der Waals surface area contributed by atoms with Crippen molar-refractivity contribution in [3.8, 4) is 11.5 Å². The van der Waals surface area contributed by atoms with Gasteiger partial charge in [-0.05, 0) is 56.4 Å². The van der Waals surface area contributed by atoms with Gasteiger partial charge in [0.15, 0.2) is 5.96 Å². The van der Waals surface area contributed by atoms with Crippen molar-refractivity contribution in [2.75, 3.05) is 46.6 Å². The van der Waals surface area contributed by atoms with Crippen LogP contribution >= 0.6 is 0 Å². The number of methoxy groups -OCH3 is 1. The molecule has 2 rings (SSSR count). The van der Waals surface area contributed by atoms with Crippen molar-refractivity contribution in [1.29, 1.82) is 0 Å². The van der Waals surface area contributed by atoms with Crippen molar-refractivity contribution >= 4 is 5.96 Å². The van der Waals surface area contributed by atoms with Gasteiger partial charge >= 0.3 is 0 Å². The largest absolute Gasteiger partial charge is 0.497 e. The lowest BCUT2D eigenvalue weighted by Gasteiger charge is -2.11. The SMILES string of the molecule is CCNC(=NCCCOc1ccc(OC)cc1)NCCCOCC1CC1. The summed E-state index contributed by atoms with van der Waals surface area (Å²) in [6, 6.07) is 7.63. The minimum absolute atomic E-state index is 0.643. The normalized spacial score (nSPS) is 14.2. The summed E-state index contributed by atoms with van der Waals surface area (Å²) in [7, 11) is 1.66. The molecule has 1 fully saturated rings. The molecule has 0 spiro atoms. The van der Waals surface area contributed by atoms with E-state index in [1.54, 1.807) is 7.11 Å². The first kappa shape index (κ1) is 20.4. The molecular formula is C20H33N3O3. The van der Waals surface area contributed by atoms with Crippen molar-refractivity contribution in [1.82, 2.24) is 10.6 Å². The molecule has 1 aromatic rings. The zero-order valence-corrected chi connectivity index (χ0v) is 16.1. The van der Waals surface area contributed by atoms with Gasteiger partial charge in [0.1, 0.15) is 11.5 Å². The van der Waals surface area contributed by atoms with Crippen LogP contribution in [-0.4, -0.2) is 52.5 Å². The molecule has 0 radical (unpaired) electrons. The molecule has 0 unspecified atom stereocenters. The highest BCUT2D eigenvalue weighted by Gasteiger charge is 2.20. The van der Waals surface area contributed by atoms with Crippen molar-refractivity contribution < 1.29 is 14.2 Å². The van der Waals surface area contributed by atoms with E-state index in [9.17, 15) is 0 Å². The number of nitrogens with one attached hydrogen (secondary N) is 2. The Balaban J connectivity index is 1.54. The van der Waals surface area contributed by atoms with E-state index in [0.717, 1.165) is 69.1 Å². The molecule has 146 valence electrons. The summed E-state index contributed by atoms with van der Waals surface area (Å²) in [5, 5.41) is 6.62. The monoisotopic (exact) mass is 363 g/mol. The molecule has 0 saturated heterocycles. The molecule has 0 bridgehead atoms. The van der Waals surface area contributed by atoms with Gasteiger partial charge < -0.3 is 24.8 Å². The van der Waals surface area contributed by atoms with E-state index in [1.807, 2.05) is 24.3 Å². The van der Waals surface area contributed by atoms with Crippen molar-refractivity contribution in [2.45, 2.75) is 32.6 Å². The zero-order valence-electron chi connectivity index (χ0n) is 16.1. The van der Waals surface area contributed by atoms with Gasteiger partial charge in [0.05, 0.1) is 13.7 Å². The van der Waals surface area contributed by atoms with E-state index in [-0.39, 0.29) is 0 Å². The van der Waals surface area contributed by atoms with Gasteiger partial charge in [-0.1, -0.05) is 0 Å². The van der Waals surface area contributed by atoms with Gasteiger partial charge in [0.2, 0.25) is 0 Å². The second-order valence-corrected chi connectivity index (χ2v) is 6.44. The summed E-state index contributed by atoms with van der Waals surface area (Å²) >= 11 is 0. The number of hydrogen-bond acceptors (Lipinski definition) is 4. The Bertz CT molecular complexity index is 516. The van der Waals surface area contributed by atoms with Crippen LogP contribution in [0.15, 0.2) is 29.3 Å². The van der Waals surface area contributed by atoms with Crippen LogP contribution in [0.4, 0.5) is 0 Å². The summed E-state index contributed by atoms with van der Waals surface area (Å²) in [4.78, 5) is 4.58. The second-order valence-electron chi connectivity index (χ2n) is 6.44. The fourth-order valence-electron chi connectivity index (χ4n) is 2.37. The Morgan fingerprint density at radius 3 is 2.54 bits per heavy atom. The third-order valence-electron chi connectivity index (χ3n) is 4.05. The molecule has 2 N–H and O–H groups in total. The first-order valence-corrected chi connectivity index (χ1v) is 9.68. The van der Waals surface area contributed by atoms with Gasteiger partial charge in [-0.3, -0.25) is 4.99 Å². The Labute approximate surface area is 157 Å². The minimum Gasteiger partial charge on any atom is -0.497 e. The van der Waals surface area contributed by atoms with E-state index < -0.39 is 0 Å². The number of benzene rings is 1. The average molecular weight is 364 g/mol. The van der Waals surface area contributed by atoms with E-state index in [4.69, 9.17) is 14.2 Å². The fraction of sp³-hybridized carbons (Fsp3) is 0.650. The van der Waals surface area contributed by atoms with Crippen molar-refractivity contribution in [2.24, 2.45) is 10.9 Å². The van der Waals surface area contributed by atoms with Gasteiger partial charge in [-0.25, -0.2) is 0 Å². The predicted octanol–water partition coefficient (Wildman–Crippen LogP) is 2.84. The molecule has 26 heavy (non-hydrogen) atoms. The second kappa shape index (κ2) is 12.4. The lowest BCUT2D eigenvalue weighted by molar-refractivity contribution is 0.123. The van der Waals surface area contributed by atoms with Crippen LogP contribution < -0.4 is 20.1 Å². The number of hydrogen-bond donors (Lipinski definition) is 2. The smallest absolute Gasteiger partial charge is 0.191 e. The summed E-state index contributed by atoms with van der Waals surface area (Å²) in [5.41, 5.74) is 0. The minimum atomic E-state index is 0.643. The third-order valence-corrected chi connectivity index (χ3v) is 4.05. The first-order valence-electron chi connectivity index (χ1n) is 9.68. The van der Waals surface area contributed by atoms with Crippen LogP contribution in [0.3, 0.4) is 0 Å². The zero-order chi connectivity index (χ0) is 18.5. The van der Waals surface area contributed by atoms with Crippen molar-refractivity contribution in [3.63, 3.8) is 0 Å². The molecule has 1 aliphatic carbocycles. The molecule has 1 aliphatic rings. The average Bonchev–Trinajstić information content (AvgIpc) is 3.49. The van der Waals surface area contributed by atoms with E-state index in [2.05, 4.69) is 22.5 Å². The van der Waals surface area contributed by atoms with Crippen LogP contribution in [0, 0.1) is 5.92 Å². The number of ether oxygens (including phenoxy) is 3. The van der Waals surface area contributed by atoms with Crippen molar-refractivity contribution in [3.05, 3.63) is 24.3 Å². The summed E-state index contributed by atoms with van der Waals surface area (Å²) in [5.74, 6) is 3.38. The highest BCUT2D eigenvalue weighted by molar-refractivity contribution is 5.79.